The van der Waals surface area contributed by atoms with E-state index >= 15 is 0 Å². The molecule has 0 spiro atoms. The first-order valence-electron chi connectivity index (χ1n) is 17.5. The average Bonchev–Trinajstić information content (AvgIpc) is 3.62. The summed E-state index contributed by atoms with van der Waals surface area (Å²) < 4.78 is 12.4. The molecular weight excluding hydrogens is 612 g/mol. The predicted molar refractivity (Wildman–Crippen MR) is 180 cm³/mol. The van der Waals surface area contributed by atoms with Crippen LogP contribution in [0.2, 0.25) is 0 Å². The van der Waals surface area contributed by atoms with Crippen molar-refractivity contribution < 1.29 is 40.1 Å². The van der Waals surface area contributed by atoms with Crippen LogP contribution in [0.5, 0.6) is 23.0 Å². The van der Waals surface area contributed by atoms with Gasteiger partial charge in [-0.15, -0.1) is 0 Å². The molecule has 0 bridgehead atoms. The molecule has 262 valence electrons. The lowest BCUT2D eigenvalue weighted by molar-refractivity contribution is -0.154. The van der Waals surface area contributed by atoms with Crippen LogP contribution in [0.4, 0.5) is 0 Å². The van der Waals surface area contributed by atoms with E-state index in [2.05, 4.69) is 16.4 Å². The van der Waals surface area contributed by atoms with Gasteiger partial charge in [-0.25, -0.2) is 0 Å². The van der Waals surface area contributed by atoms with Gasteiger partial charge in [0, 0.05) is 30.1 Å². The quantitative estimate of drug-likeness (QED) is 0.143. The SMILES string of the molecule is CNCC[C@@H]1CC[C@@H](CO)[C@@H](c2cc([C@@H]3CC[C@H]4[C@H](C3)O[C@H](c3c(CO)c(O)c(O)c(OC)c3Cc3cc[n-]c3)C[C@@H]4O)ccc2O)C1. The topological polar surface area (TPSA) is 166 Å². The Morgan fingerprint density at radius 2 is 1.81 bits per heavy atom. The fourth-order valence-electron chi connectivity index (χ4n) is 8.95. The maximum absolute atomic E-state index is 11.5. The summed E-state index contributed by atoms with van der Waals surface area (Å²) in [5.41, 5.74) is 4.17. The Morgan fingerprint density at radius 1 is 0.979 bits per heavy atom. The smallest absolute Gasteiger partial charge is 0.201 e. The normalized spacial score (nSPS) is 29.0. The van der Waals surface area contributed by atoms with Gasteiger partial charge in [0.15, 0.2) is 11.5 Å². The Morgan fingerprint density at radius 3 is 2.52 bits per heavy atom. The second-order valence-corrected chi connectivity index (χ2v) is 14.2. The maximum Gasteiger partial charge on any atom is 0.201 e. The summed E-state index contributed by atoms with van der Waals surface area (Å²) in [5.74, 6) is 0.312. The van der Waals surface area contributed by atoms with Crippen molar-refractivity contribution in [1.29, 1.82) is 0 Å². The molecule has 10 nitrogen and oxygen atoms in total. The molecule has 1 saturated heterocycles. The van der Waals surface area contributed by atoms with Crippen LogP contribution >= 0.6 is 0 Å². The van der Waals surface area contributed by atoms with Crippen LogP contribution in [0, 0.1) is 17.8 Å². The standard InChI is InChI=1S/C38H51N2O8/c1-39-11-9-21-3-4-25(19-41)27(13-21)28-15-23(6-8-31(28)43)24-5-7-26-32(44)17-34(48-33(26)16-24)35-29(14-22-10-12-40-18-22)38(47-2)37(46)36(45)30(35)20-42/h6,8,10,12,15,18,21,24-27,32-34,39,41-46H,3-5,7,9,11,13-14,16-17,19-20H2,1-2H3/q-1/t21-,24+,25-,26+,27-,32-,33-,34-/m0/s1. The first-order valence-corrected chi connectivity index (χ1v) is 17.5. The highest BCUT2D eigenvalue weighted by atomic mass is 16.5. The van der Waals surface area contributed by atoms with Crippen LogP contribution in [-0.4, -0.2) is 70.2 Å². The molecule has 0 radical (unpaired) electrons. The number of aromatic nitrogens is 1. The minimum absolute atomic E-state index is 0.0629. The van der Waals surface area contributed by atoms with Gasteiger partial charge in [0.1, 0.15) is 5.75 Å². The molecule has 3 fully saturated rings. The molecule has 1 aromatic heterocycles. The van der Waals surface area contributed by atoms with E-state index in [1.165, 1.54) is 7.11 Å². The van der Waals surface area contributed by atoms with Crippen LogP contribution < -0.4 is 15.0 Å². The number of nitrogens with zero attached hydrogens (tertiary/aromatic N) is 1. The summed E-state index contributed by atoms with van der Waals surface area (Å²) in [7, 11) is 3.39. The minimum Gasteiger partial charge on any atom is -0.670 e. The number of nitrogens with one attached hydrogen (secondary N) is 1. The van der Waals surface area contributed by atoms with E-state index in [0.717, 1.165) is 61.8 Å². The van der Waals surface area contributed by atoms with Crippen LogP contribution in [0.3, 0.4) is 0 Å². The number of methoxy groups -OCH3 is 1. The number of benzene rings is 2. The first-order chi connectivity index (χ1) is 23.3. The van der Waals surface area contributed by atoms with Crippen molar-refractivity contribution in [2.24, 2.45) is 17.8 Å². The molecule has 7 N–H and O–H groups in total. The van der Waals surface area contributed by atoms with Gasteiger partial charge in [-0.3, -0.25) is 0 Å². The molecule has 48 heavy (non-hydrogen) atoms. The summed E-state index contributed by atoms with van der Waals surface area (Å²) in [6.45, 7) is 0.526. The molecule has 1 aliphatic heterocycles. The lowest BCUT2D eigenvalue weighted by atomic mass is 9.69. The number of phenolic OH excluding ortho intramolecular Hbond substituents is 2. The number of hydrogen-bond donors (Lipinski definition) is 7. The highest BCUT2D eigenvalue weighted by Crippen LogP contribution is 2.53. The monoisotopic (exact) mass is 663 g/mol. The zero-order valence-corrected chi connectivity index (χ0v) is 28.0. The van der Waals surface area contributed by atoms with E-state index in [1.54, 1.807) is 18.5 Å². The molecule has 0 amide bonds. The van der Waals surface area contributed by atoms with E-state index in [1.807, 2.05) is 19.2 Å². The first kappa shape index (κ1) is 34.6. The van der Waals surface area contributed by atoms with Crippen LogP contribution in [0.1, 0.15) is 103 Å². The number of phenols is 3. The van der Waals surface area contributed by atoms with Gasteiger partial charge in [-0.1, -0.05) is 30.2 Å². The summed E-state index contributed by atoms with van der Waals surface area (Å²) in [6, 6.07) is 7.79. The van der Waals surface area contributed by atoms with Crippen molar-refractivity contribution in [3.8, 4) is 23.0 Å². The van der Waals surface area contributed by atoms with E-state index in [4.69, 9.17) is 9.47 Å². The van der Waals surface area contributed by atoms with Crippen molar-refractivity contribution in [3.05, 3.63) is 70.0 Å². The molecular formula is C38H51N2O8-. The van der Waals surface area contributed by atoms with Gasteiger partial charge >= 0.3 is 0 Å². The van der Waals surface area contributed by atoms with Crippen molar-refractivity contribution in [2.75, 3.05) is 27.3 Å². The van der Waals surface area contributed by atoms with Crippen molar-refractivity contribution in [1.82, 2.24) is 10.3 Å². The predicted octanol–water partition coefficient (Wildman–Crippen LogP) is 4.73. The Kier molecular flexibility index (Phi) is 10.9. The van der Waals surface area contributed by atoms with Gasteiger partial charge in [0.2, 0.25) is 5.75 Å². The zero-order chi connectivity index (χ0) is 33.9. The van der Waals surface area contributed by atoms with Gasteiger partial charge < -0.3 is 50.4 Å². The molecule has 2 aliphatic carbocycles. The average molecular weight is 664 g/mol. The highest BCUT2D eigenvalue weighted by molar-refractivity contribution is 5.64. The second-order valence-electron chi connectivity index (χ2n) is 14.2. The zero-order valence-electron chi connectivity index (χ0n) is 28.0. The molecule has 6 rings (SSSR count). The van der Waals surface area contributed by atoms with E-state index in [9.17, 15) is 30.6 Å². The van der Waals surface area contributed by atoms with Gasteiger partial charge in [-0.05, 0) is 105 Å². The Balaban J connectivity index is 1.29. The number of fused-ring (bicyclic) bond motifs is 1. The molecule has 0 unspecified atom stereocenters. The molecule has 8 atom stereocenters. The number of hydrogen-bond acceptors (Lipinski definition) is 9. The van der Waals surface area contributed by atoms with Crippen LogP contribution in [0.25, 0.3) is 0 Å². The Labute approximate surface area is 282 Å². The number of aliphatic hydroxyl groups is 3. The molecule has 2 aromatic carbocycles. The second kappa shape index (κ2) is 15.1. The van der Waals surface area contributed by atoms with Crippen LogP contribution in [0.15, 0.2) is 36.7 Å². The van der Waals surface area contributed by atoms with Crippen molar-refractivity contribution in [2.45, 2.75) is 94.5 Å². The summed E-state index contributed by atoms with van der Waals surface area (Å²) in [5, 5.41) is 68.3. The Hall–Kier alpha value is -3.28. The van der Waals surface area contributed by atoms with Crippen molar-refractivity contribution >= 4 is 0 Å². The molecule has 3 aromatic rings. The third kappa shape index (κ3) is 6.78. The number of aliphatic hydroxyl groups excluding tert-OH is 3. The van der Waals surface area contributed by atoms with E-state index < -0.39 is 30.3 Å². The lowest BCUT2D eigenvalue weighted by Crippen LogP contribution is -2.44. The number of ether oxygens (including phenoxy) is 2. The summed E-state index contributed by atoms with van der Waals surface area (Å²) >= 11 is 0. The number of rotatable bonds is 11. The van der Waals surface area contributed by atoms with E-state index in [-0.39, 0.29) is 59.9 Å². The lowest BCUT2D eigenvalue weighted by Gasteiger charge is -2.46. The van der Waals surface area contributed by atoms with Crippen molar-refractivity contribution in [3.63, 3.8) is 0 Å². The third-order valence-electron chi connectivity index (χ3n) is 11.5. The number of aromatic hydroxyl groups is 3. The third-order valence-corrected chi connectivity index (χ3v) is 11.5. The van der Waals surface area contributed by atoms with E-state index in [0.29, 0.717) is 29.9 Å². The molecule has 2 saturated carbocycles. The molecule has 3 aliphatic rings. The minimum atomic E-state index is -0.658. The maximum atomic E-state index is 11.5. The van der Waals surface area contributed by atoms with Gasteiger partial charge in [0.25, 0.3) is 0 Å². The highest BCUT2D eigenvalue weighted by Gasteiger charge is 2.44. The Bertz CT molecular complexity index is 1530. The summed E-state index contributed by atoms with van der Waals surface area (Å²) in [4.78, 5) is 4.16. The van der Waals surface area contributed by atoms with Gasteiger partial charge in [0.05, 0.1) is 32.0 Å². The molecule has 2 heterocycles. The van der Waals surface area contributed by atoms with Crippen LogP contribution in [-0.2, 0) is 17.8 Å². The summed E-state index contributed by atoms with van der Waals surface area (Å²) in [6.07, 6.45) is 8.76. The molecule has 10 heteroatoms. The fourth-order valence-corrected chi connectivity index (χ4v) is 8.95. The van der Waals surface area contributed by atoms with Gasteiger partial charge in [-0.2, -0.15) is 12.4 Å². The largest absolute Gasteiger partial charge is 0.670 e. The fraction of sp³-hybridized carbons (Fsp3) is 0.579.